The molecule has 0 saturated carbocycles. The highest BCUT2D eigenvalue weighted by Crippen LogP contribution is 2.30. The fourth-order valence-electron chi connectivity index (χ4n) is 2.47. The van der Waals surface area contributed by atoms with Crippen LogP contribution < -0.4 is 5.32 Å². The van der Waals surface area contributed by atoms with Gasteiger partial charge in [-0.2, -0.15) is 13.2 Å². The normalized spacial score (nSPS) is 24.6. The number of rotatable bonds is 2. The maximum absolute atomic E-state index is 12.7. The molecule has 1 amide bonds. The van der Waals surface area contributed by atoms with E-state index < -0.39 is 12.2 Å². The van der Waals surface area contributed by atoms with Crippen molar-refractivity contribution in [1.29, 1.82) is 0 Å². The first-order valence-electron chi connectivity index (χ1n) is 6.33. The van der Waals surface area contributed by atoms with E-state index in [1.54, 1.807) is 17.8 Å². The van der Waals surface area contributed by atoms with E-state index in [0.717, 1.165) is 0 Å². The molecule has 1 aliphatic rings. The molecule has 0 bridgehead atoms. The number of piperidine rings is 1. The number of likely N-dealkylation sites (N-methyl/N-ethyl adjacent to an activating group) is 1. The summed E-state index contributed by atoms with van der Waals surface area (Å²) < 4.78 is 39.8. The average Bonchev–Trinajstić information content (AvgIpc) is 2.74. The van der Waals surface area contributed by atoms with Crippen LogP contribution in [0.4, 0.5) is 13.2 Å². The summed E-state index contributed by atoms with van der Waals surface area (Å²) in [7, 11) is 3.17. The van der Waals surface area contributed by atoms with Crippen molar-refractivity contribution in [3.05, 3.63) is 18.2 Å². The smallest absolute Gasteiger partial charge is 0.347 e. The first kappa shape index (κ1) is 14.8. The second kappa shape index (κ2) is 5.43. The Bertz CT molecular complexity index is 485. The number of carbonyl (C=O) groups is 1. The fourth-order valence-corrected chi connectivity index (χ4v) is 2.47. The average molecular weight is 290 g/mol. The van der Waals surface area contributed by atoms with Crippen LogP contribution in [0.25, 0.3) is 0 Å². The number of nitrogens with zero attached hydrogens (tertiary/aromatic N) is 3. The molecule has 1 N–H and O–H groups in total. The van der Waals surface area contributed by atoms with Crippen LogP contribution in [0.1, 0.15) is 23.3 Å². The summed E-state index contributed by atoms with van der Waals surface area (Å²) >= 11 is 0. The third-order valence-electron chi connectivity index (χ3n) is 3.48. The Balaban J connectivity index is 1.92. The number of aryl methyl sites for hydroxylation is 1. The van der Waals surface area contributed by atoms with Crippen molar-refractivity contribution in [3.63, 3.8) is 0 Å². The van der Waals surface area contributed by atoms with Gasteiger partial charge in [-0.3, -0.25) is 9.69 Å². The van der Waals surface area contributed by atoms with Gasteiger partial charge in [-0.15, -0.1) is 0 Å². The van der Waals surface area contributed by atoms with Crippen molar-refractivity contribution in [2.45, 2.75) is 31.1 Å². The number of halogens is 3. The summed E-state index contributed by atoms with van der Waals surface area (Å²) in [5, 5.41) is 2.73. The highest BCUT2D eigenvalue weighted by Gasteiger charge is 2.44. The van der Waals surface area contributed by atoms with Crippen molar-refractivity contribution in [1.82, 2.24) is 19.8 Å². The van der Waals surface area contributed by atoms with E-state index >= 15 is 0 Å². The van der Waals surface area contributed by atoms with Crippen molar-refractivity contribution in [2.75, 3.05) is 13.6 Å². The lowest BCUT2D eigenvalue weighted by Gasteiger charge is -2.38. The number of hydrogen-bond donors (Lipinski definition) is 1. The Hall–Kier alpha value is -1.57. The van der Waals surface area contributed by atoms with Crippen LogP contribution in [-0.4, -0.2) is 52.2 Å². The minimum atomic E-state index is -4.22. The van der Waals surface area contributed by atoms with Crippen LogP contribution >= 0.6 is 0 Å². The number of amides is 1. The molecule has 1 aromatic rings. The van der Waals surface area contributed by atoms with Crippen LogP contribution in [-0.2, 0) is 7.05 Å². The topological polar surface area (TPSA) is 50.2 Å². The van der Waals surface area contributed by atoms with Crippen LogP contribution in [0.15, 0.2) is 12.5 Å². The first-order valence-corrected chi connectivity index (χ1v) is 6.33. The molecule has 0 aliphatic carbocycles. The lowest BCUT2D eigenvalue weighted by Crippen LogP contribution is -2.54. The van der Waals surface area contributed by atoms with E-state index in [4.69, 9.17) is 0 Å². The van der Waals surface area contributed by atoms with Crippen molar-refractivity contribution >= 4 is 5.91 Å². The second-order valence-corrected chi connectivity index (χ2v) is 5.17. The minimum Gasteiger partial charge on any atom is -0.347 e. The quantitative estimate of drug-likeness (QED) is 0.889. The summed E-state index contributed by atoms with van der Waals surface area (Å²) in [6.07, 6.45) is -0.840. The second-order valence-electron chi connectivity index (χ2n) is 5.17. The summed E-state index contributed by atoms with van der Waals surface area (Å²) in [5.74, 6) is -0.352. The van der Waals surface area contributed by atoms with Crippen LogP contribution in [0.3, 0.4) is 0 Å². The summed E-state index contributed by atoms with van der Waals surface area (Å²) in [6, 6.07) is -1.71. The molecule has 1 aliphatic heterocycles. The SMILES string of the molecule is CN1C[C@@H](NC(=O)c2cn(C)cn2)CC[C@H]1C(F)(F)F. The predicted molar refractivity (Wildman–Crippen MR) is 66.2 cm³/mol. The van der Waals surface area contributed by atoms with Gasteiger partial charge in [0.25, 0.3) is 5.91 Å². The molecule has 0 unspecified atom stereocenters. The summed E-state index contributed by atoms with van der Waals surface area (Å²) in [4.78, 5) is 17.0. The number of imidazole rings is 1. The zero-order valence-electron chi connectivity index (χ0n) is 11.3. The third-order valence-corrected chi connectivity index (χ3v) is 3.48. The van der Waals surface area contributed by atoms with Crippen LogP contribution in [0.2, 0.25) is 0 Å². The van der Waals surface area contributed by atoms with E-state index in [0.29, 0.717) is 6.42 Å². The molecule has 20 heavy (non-hydrogen) atoms. The zero-order valence-corrected chi connectivity index (χ0v) is 11.3. The molecule has 0 aromatic carbocycles. The maximum Gasteiger partial charge on any atom is 0.404 e. The van der Waals surface area contributed by atoms with Gasteiger partial charge < -0.3 is 9.88 Å². The molecule has 1 saturated heterocycles. The number of nitrogens with one attached hydrogen (secondary N) is 1. The van der Waals surface area contributed by atoms with Crippen LogP contribution in [0.5, 0.6) is 0 Å². The maximum atomic E-state index is 12.7. The zero-order chi connectivity index (χ0) is 14.9. The number of likely N-dealkylation sites (tertiary alicyclic amines) is 1. The molecule has 112 valence electrons. The molecule has 1 fully saturated rings. The Morgan fingerprint density at radius 1 is 1.40 bits per heavy atom. The molecule has 1 aromatic heterocycles. The molecule has 0 radical (unpaired) electrons. The number of aromatic nitrogens is 2. The van der Waals surface area contributed by atoms with E-state index in [9.17, 15) is 18.0 Å². The van der Waals surface area contributed by atoms with Gasteiger partial charge in [0.1, 0.15) is 11.7 Å². The van der Waals surface area contributed by atoms with Gasteiger partial charge in [0, 0.05) is 25.8 Å². The first-order chi connectivity index (χ1) is 9.27. The van der Waals surface area contributed by atoms with Gasteiger partial charge in [-0.25, -0.2) is 4.98 Å². The van der Waals surface area contributed by atoms with E-state index in [2.05, 4.69) is 10.3 Å². The van der Waals surface area contributed by atoms with E-state index in [1.807, 2.05) is 0 Å². The monoisotopic (exact) mass is 290 g/mol. The van der Waals surface area contributed by atoms with E-state index in [-0.39, 0.29) is 30.6 Å². The Morgan fingerprint density at radius 3 is 2.60 bits per heavy atom. The number of hydrogen-bond acceptors (Lipinski definition) is 3. The standard InChI is InChI=1S/C12H17F3N4O/c1-18-6-9(16-7-18)11(20)17-8-3-4-10(12(13,14)15)19(2)5-8/h6-8,10H,3-5H2,1-2H3,(H,17,20)/t8-,10-/m0/s1. The van der Waals surface area contributed by atoms with Gasteiger partial charge in [-0.05, 0) is 19.9 Å². The van der Waals surface area contributed by atoms with Gasteiger partial charge in [0.2, 0.25) is 0 Å². The molecule has 8 heteroatoms. The van der Waals surface area contributed by atoms with Crippen LogP contribution in [0, 0.1) is 0 Å². The Labute approximate surface area is 114 Å². The van der Waals surface area contributed by atoms with Gasteiger partial charge in [0.15, 0.2) is 0 Å². The number of carbonyl (C=O) groups excluding carboxylic acids is 1. The molecular weight excluding hydrogens is 273 g/mol. The van der Waals surface area contributed by atoms with Gasteiger partial charge in [0.05, 0.1) is 6.33 Å². The van der Waals surface area contributed by atoms with Crippen molar-refractivity contribution in [3.8, 4) is 0 Å². The lowest BCUT2D eigenvalue weighted by molar-refractivity contribution is -0.188. The molecule has 2 rings (SSSR count). The molecule has 2 heterocycles. The lowest BCUT2D eigenvalue weighted by atomic mass is 9.98. The third kappa shape index (κ3) is 3.30. The Kier molecular flexibility index (Phi) is 4.03. The highest BCUT2D eigenvalue weighted by molar-refractivity contribution is 5.92. The Morgan fingerprint density at radius 2 is 2.10 bits per heavy atom. The molecule has 0 spiro atoms. The molecule has 2 atom stereocenters. The fraction of sp³-hybridized carbons (Fsp3) is 0.667. The minimum absolute atomic E-state index is 0.00678. The highest BCUT2D eigenvalue weighted by atomic mass is 19.4. The molecular formula is C12H17F3N4O. The van der Waals surface area contributed by atoms with Crippen molar-refractivity contribution < 1.29 is 18.0 Å². The van der Waals surface area contributed by atoms with Gasteiger partial charge in [-0.1, -0.05) is 0 Å². The predicted octanol–water partition coefficient (Wildman–Crippen LogP) is 1.17. The molecule has 5 nitrogen and oxygen atoms in total. The van der Waals surface area contributed by atoms with Crippen molar-refractivity contribution in [2.24, 2.45) is 7.05 Å². The van der Waals surface area contributed by atoms with E-state index in [1.165, 1.54) is 18.3 Å². The summed E-state index contributed by atoms with van der Waals surface area (Å²) in [6.45, 7) is 0.183. The van der Waals surface area contributed by atoms with Gasteiger partial charge >= 0.3 is 6.18 Å². The number of alkyl halides is 3. The summed E-state index contributed by atoms with van der Waals surface area (Å²) in [5.41, 5.74) is 0.271. The largest absolute Gasteiger partial charge is 0.404 e.